The third kappa shape index (κ3) is 2.18. The number of ether oxygens (including phenoxy) is 3. The van der Waals surface area contributed by atoms with E-state index in [1.54, 1.807) is 14.2 Å². The summed E-state index contributed by atoms with van der Waals surface area (Å²) in [6.07, 6.45) is 1.22. The van der Waals surface area contributed by atoms with Crippen LogP contribution in [0.4, 0.5) is 0 Å². The molecule has 0 bridgehead atoms. The van der Waals surface area contributed by atoms with Gasteiger partial charge < -0.3 is 14.2 Å². The van der Waals surface area contributed by atoms with Gasteiger partial charge in [0.25, 0.3) is 0 Å². The zero-order valence-electron chi connectivity index (χ0n) is 8.40. The summed E-state index contributed by atoms with van der Waals surface area (Å²) in [5.74, 6) is 0.675. The first-order valence-corrected chi connectivity index (χ1v) is 5.23. The standard InChI is InChI=1S/C9H18O3S/c1-4-6-8(10-2)9(11-3)7(5-13)12-6/h6-9,13H,4-5H2,1-3H3/t6?,7-,8+,9-/m1/s1. The molecule has 1 saturated heterocycles. The van der Waals surface area contributed by atoms with Crippen LogP contribution < -0.4 is 0 Å². The fourth-order valence-corrected chi connectivity index (χ4v) is 2.14. The molecule has 0 spiro atoms. The minimum absolute atomic E-state index is 0.0208. The van der Waals surface area contributed by atoms with Crippen LogP contribution in [0.5, 0.6) is 0 Å². The van der Waals surface area contributed by atoms with Crippen molar-refractivity contribution < 1.29 is 14.2 Å². The number of thiol groups is 1. The molecule has 0 aromatic carbocycles. The van der Waals surface area contributed by atoms with Crippen molar-refractivity contribution in [2.75, 3.05) is 20.0 Å². The lowest BCUT2D eigenvalue weighted by molar-refractivity contribution is -0.0269. The van der Waals surface area contributed by atoms with Gasteiger partial charge in [0.05, 0.1) is 12.2 Å². The Hall–Kier alpha value is 0.230. The molecule has 0 aromatic heterocycles. The Bertz CT molecular complexity index is 138. The first-order valence-electron chi connectivity index (χ1n) is 4.60. The van der Waals surface area contributed by atoms with Crippen LogP contribution in [0, 0.1) is 0 Å². The van der Waals surface area contributed by atoms with Crippen LogP contribution in [0.1, 0.15) is 13.3 Å². The Labute approximate surface area is 85.1 Å². The molecule has 78 valence electrons. The molecular weight excluding hydrogens is 188 g/mol. The lowest BCUT2D eigenvalue weighted by atomic mass is 10.1. The van der Waals surface area contributed by atoms with Crippen LogP contribution in [0.3, 0.4) is 0 Å². The van der Waals surface area contributed by atoms with Gasteiger partial charge in [0.2, 0.25) is 0 Å². The van der Waals surface area contributed by atoms with Crippen LogP contribution in [0.2, 0.25) is 0 Å². The van der Waals surface area contributed by atoms with Crippen molar-refractivity contribution in [2.45, 2.75) is 37.8 Å². The Morgan fingerprint density at radius 3 is 2.08 bits per heavy atom. The second-order valence-electron chi connectivity index (χ2n) is 3.20. The van der Waals surface area contributed by atoms with E-state index in [-0.39, 0.29) is 24.4 Å². The molecule has 0 amide bonds. The molecule has 1 heterocycles. The number of methoxy groups -OCH3 is 2. The zero-order chi connectivity index (χ0) is 9.84. The maximum absolute atomic E-state index is 5.74. The number of hydrogen-bond donors (Lipinski definition) is 1. The van der Waals surface area contributed by atoms with Gasteiger partial charge in [-0.25, -0.2) is 0 Å². The van der Waals surface area contributed by atoms with E-state index >= 15 is 0 Å². The Kier molecular flexibility index (Phi) is 4.52. The van der Waals surface area contributed by atoms with Crippen LogP contribution in [-0.4, -0.2) is 44.4 Å². The highest BCUT2D eigenvalue weighted by atomic mass is 32.1. The molecule has 0 saturated carbocycles. The van der Waals surface area contributed by atoms with Gasteiger partial charge >= 0.3 is 0 Å². The highest BCUT2D eigenvalue weighted by Crippen LogP contribution is 2.28. The SMILES string of the molecule is CCC1O[C@H](CS)[C@@H](OC)[C@H]1OC. The fourth-order valence-electron chi connectivity index (χ4n) is 1.85. The molecule has 1 aliphatic heterocycles. The molecular formula is C9H18O3S. The molecule has 1 rings (SSSR count). The van der Waals surface area contributed by atoms with Crippen LogP contribution in [0.25, 0.3) is 0 Å². The first-order chi connectivity index (χ1) is 6.28. The van der Waals surface area contributed by atoms with Crippen molar-refractivity contribution in [1.82, 2.24) is 0 Å². The average Bonchev–Trinajstić information content (AvgIpc) is 2.54. The monoisotopic (exact) mass is 206 g/mol. The smallest absolute Gasteiger partial charge is 0.113 e. The molecule has 1 aliphatic rings. The number of hydrogen-bond acceptors (Lipinski definition) is 4. The zero-order valence-corrected chi connectivity index (χ0v) is 9.29. The second-order valence-corrected chi connectivity index (χ2v) is 3.57. The molecule has 1 unspecified atom stereocenters. The highest BCUT2D eigenvalue weighted by molar-refractivity contribution is 7.80. The van der Waals surface area contributed by atoms with Gasteiger partial charge in [-0.2, -0.15) is 12.6 Å². The summed E-state index contributed by atoms with van der Waals surface area (Å²) in [5, 5.41) is 0. The summed E-state index contributed by atoms with van der Waals surface area (Å²) >= 11 is 4.23. The van der Waals surface area contributed by atoms with E-state index < -0.39 is 0 Å². The largest absolute Gasteiger partial charge is 0.376 e. The summed E-state index contributed by atoms with van der Waals surface area (Å²) in [6.45, 7) is 2.09. The van der Waals surface area contributed by atoms with Crippen molar-refractivity contribution >= 4 is 12.6 Å². The predicted octanol–water partition coefficient (Wildman–Crippen LogP) is 1.12. The fraction of sp³-hybridized carbons (Fsp3) is 1.00. The Morgan fingerprint density at radius 1 is 1.15 bits per heavy atom. The lowest BCUT2D eigenvalue weighted by Gasteiger charge is -2.20. The minimum Gasteiger partial charge on any atom is -0.376 e. The maximum Gasteiger partial charge on any atom is 0.113 e. The molecule has 1 fully saturated rings. The average molecular weight is 206 g/mol. The topological polar surface area (TPSA) is 27.7 Å². The molecule has 4 atom stereocenters. The molecule has 0 radical (unpaired) electrons. The maximum atomic E-state index is 5.74. The van der Waals surface area contributed by atoms with Gasteiger partial charge in [-0.05, 0) is 6.42 Å². The second kappa shape index (κ2) is 5.20. The van der Waals surface area contributed by atoms with Crippen molar-refractivity contribution in [3.63, 3.8) is 0 Å². The summed E-state index contributed by atoms with van der Waals surface area (Å²) < 4.78 is 16.5. The van der Waals surface area contributed by atoms with Gasteiger partial charge in [0.1, 0.15) is 12.2 Å². The predicted molar refractivity (Wildman–Crippen MR) is 54.4 cm³/mol. The summed E-state index contributed by atoms with van der Waals surface area (Å²) in [7, 11) is 3.39. The van der Waals surface area contributed by atoms with E-state index in [1.165, 1.54) is 0 Å². The quantitative estimate of drug-likeness (QED) is 0.699. The van der Waals surface area contributed by atoms with E-state index in [0.29, 0.717) is 5.75 Å². The van der Waals surface area contributed by atoms with E-state index in [4.69, 9.17) is 14.2 Å². The Balaban J connectivity index is 2.65. The van der Waals surface area contributed by atoms with E-state index in [2.05, 4.69) is 19.6 Å². The first kappa shape index (κ1) is 11.3. The molecule has 0 N–H and O–H groups in total. The van der Waals surface area contributed by atoms with Gasteiger partial charge in [0, 0.05) is 20.0 Å². The summed E-state index contributed by atoms with van der Waals surface area (Å²) in [5.41, 5.74) is 0. The highest BCUT2D eigenvalue weighted by Gasteiger charge is 2.43. The van der Waals surface area contributed by atoms with Crippen LogP contribution in [0.15, 0.2) is 0 Å². The minimum atomic E-state index is 0.0208. The van der Waals surface area contributed by atoms with Crippen LogP contribution >= 0.6 is 12.6 Å². The van der Waals surface area contributed by atoms with Crippen LogP contribution in [-0.2, 0) is 14.2 Å². The lowest BCUT2D eigenvalue weighted by Crippen LogP contribution is -2.36. The molecule has 13 heavy (non-hydrogen) atoms. The van der Waals surface area contributed by atoms with Gasteiger partial charge in [-0.1, -0.05) is 6.92 Å². The molecule has 4 heteroatoms. The van der Waals surface area contributed by atoms with E-state index in [1.807, 2.05) is 0 Å². The Morgan fingerprint density at radius 2 is 1.69 bits per heavy atom. The van der Waals surface area contributed by atoms with E-state index in [0.717, 1.165) is 6.42 Å². The van der Waals surface area contributed by atoms with Gasteiger partial charge in [-0.15, -0.1) is 0 Å². The third-order valence-electron chi connectivity index (χ3n) is 2.53. The normalized spacial score (nSPS) is 39.7. The number of rotatable bonds is 4. The van der Waals surface area contributed by atoms with Gasteiger partial charge in [0.15, 0.2) is 0 Å². The molecule has 3 nitrogen and oxygen atoms in total. The van der Waals surface area contributed by atoms with Gasteiger partial charge in [-0.3, -0.25) is 0 Å². The van der Waals surface area contributed by atoms with Crippen molar-refractivity contribution in [2.24, 2.45) is 0 Å². The summed E-state index contributed by atoms with van der Waals surface area (Å²) in [6, 6.07) is 0. The molecule has 0 aromatic rings. The van der Waals surface area contributed by atoms with E-state index in [9.17, 15) is 0 Å². The third-order valence-corrected chi connectivity index (χ3v) is 2.89. The van der Waals surface area contributed by atoms with Crippen molar-refractivity contribution in [3.05, 3.63) is 0 Å². The summed E-state index contributed by atoms with van der Waals surface area (Å²) in [4.78, 5) is 0. The van der Waals surface area contributed by atoms with Crippen molar-refractivity contribution in [1.29, 1.82) is 0 Å². The molecule has 0 aliphatic carbocycles. The van der Waals surface area contributed by atoms with Crippen molar-refractivity contribution in [3.8, 4) is 0 Å².